The van der Waals surface area contributed by atoms with Crippen LogP contribution in [0.1, 0.15) is 72.6 Å². The molecule has 3 rings (SSSR count). The van der Waals surface area contributed by atoms with E-state index >= 15 is 0 Å². The number of hydrogen-bond acceptors (Lipinski definition) is 2. The van der Waals surface area contributed by atoms with Crippen LogP contribution in [0.25, 0.3) is 5.70 Å². The average Bonchev–Trinajstić information content (AvgIpc) is 3.23. The molecular weight excluding hydrogens is 268 g/mol. The molecule has 0 N–H and O–H groups in total. The first-order chi connectivity index (χ1) is 10.6. The fraction of sp³-hybridized carbons (Fsp3) is 0.600. The van der Waals surface area contributed by atoms with Crippen LogP contribution in [0, 0.1) is 18.3 Å². The minimum absolute atomic E-state index is 0.355. The lowest BCUT2D eigenvalue weighted by Crippen LogP contribution is -2.03. The van der Waals surface area contributed by atoms with Crippen molar-refractivity contribution in [1.29, 1.82) is 0 Å². The molecule has 124 valence electrons. The van der Waals surface area contributed by atoms with Gasteiger partial charge in [-0.1, -0.05) is 67.0 Å². The lowest BCUT2D eigenvalue weighted by atomic mass is 10.0. The van der Waals surface area contributed by atoms with E-state index in [0.29, 0.717) is 11.3 Å². The number of fused-ring (bicyclic) bond motifs is 1. The fourth-order valence-corrected chi connectivity index (χ4v) is 2.03. The second-order valence-electron chi connectivity index (χ2n) is 5.55. The Morgan fingerprint density at radius 2 is 1.73 bits per heavy atom. The molecule has 2 atom stereocenters. The molecule has 0 aromatic carbocycles. The van der Waals surface area contributed by atoms with E-state index in [0.717, 1.165) is 11.4 Å². The molecule has 0 amide bonds. The highest BCUT2D eigenvalue weighted by molar-refractivity contribution is 5.82. The summed E-state index contributed by atoms with van der Waals surface area (Å²) in [6, 6.07) is 4.13. The van der Waals surface area contributed by atoms with Crippen molar-refractivity contribution in [2.24, 2.45) is 16.3 Å². The highest BCUT2D eigenvalue weighted by Crippen LogP contribution is 2.54. The van der Waals surface area contributed by atoms with Crippen LogP contribution in [0.3, 0.4) is 0 Å². The molecule has 1 saturated carbocycles. The van der Waals surface area contributed by atoms with Gasteiger partial charge in [0.1, 0.15) is 0 Å². The van der Waals surface area contributed by atoms with Crippen molar-refractivity contribution in [2.45, 2.75) is 68.2 Å². The van der Waals surface area contributed by atoms with Gasteiger partial charge in [-0.05, 0) is 30.9 Å². The van der Waals surface area contributed by atoms with Gasteiger partial charge in [-0.3, -0.25) is 9.98 Å². The molecule has 1 aromatic rings. The van der Waals surface area contributed by atoms with Gasteiger partial charge in [-0.2, -0.15) is 0 Å². The zero-order chi connectivity index (χ0) is 17.2. The highest BCUT2D eigenvalue weighted by atomic mass is 14.8. The first kappa shape index (κ1) is 20.6. The van der Waals surface area contributed by atoms with E-state index in [4.69, 9.17) is 0 Å². The van der Waals surface area contributed by atoms with E-state index in [1.807, 2.05) is 46.9 Å². The number of aliphatic imine (C=N–C) groups is 1. The van der Waals surface area contributed by atoms with Crippen molar-refractivity contribution in [2.75, 3.05) is 0 Å². The fourth-order valence-electron chi connectivity index (χ4n) is 2.03. The Morgan fingerprint density at radius 1 is 1.14 bits per heavy atom. The van der Waals surface area contributed by atoms with Crippen LogP contribution in [-0.2, 0) is 0 Å². The Kier molecular flexibility index (Phi) is 9.64. The molecule has 1 aromatic heterocycles. The second kappa shape index (κ2) is 10.3. The Bertz CT molecular complexity index is 471. The van der Waals surface area contributed by atoms with Crippen LogP contribution < -0.4 is 0 Å². The van der Waals surface area contributed by atoms with Gasteiger partial charge in [0.05, 0.1) is 11.4 Å². The van der Waals surface area contributed by atoms with Gasteiger partial charge in [0.15, 0.2) is 0 Å². The maximum absolute atomic E-state index is 4.50. The van der Waals surface area contributed by atoms with Crippen LogP contribution >= 0.6 is 0 Å². The summed E-state index contributed by atoms with van der Waals surface area (Å²) < 4.78 is 0. The molecular formula is C20H34N2. The molecule has 0 bridgehead atoms. The van der Waals surface area contributed by atoms with Gasteiger partial charge in [0.2, 0.25) is 0 Å². The summed E-state index contributed by atoms with van der Waals surface area (Å²) in [6.45, 7) is 16.6. The third kappa shape index (κ3) is 5.75. The minimum atomic E-state index is 0.355. The molecule has 0 spiro atoms. The summed E-state index contributed by atoms with van der Waals surface area (Å²) >= 11 is 0. The summed E-state index contributed by atoms with van der Waals surface area (Å²) in [5, 5.41) is 0. The SMILES string of the molecule is CC.CC.CCC.Cc1ccc(C2=CC3CC3(C)C=N2)nc1. The average molecular weight is 303 g/mol. The molecule has 2 unspecified atom stereocenters. The topological polar surface area (TPSA) is 25.2 Å². The van der Waals surface area contributed by atoms with Crippen LogP contribution in [0.5, 0.6) is 0 Å². The standard InChI is InChI=1S/C13H14N2.C3H8.2C2H6/c1-9-3-4-11(14-7-9)12-5-10-6-13(10,2)8-15-12;1-3-2;2*1-2/h3-5,7-8,10H,6H2,1-2H3;3H2,1-2H3;2*1-2H3. The van der Waals surface area contributed by atoms with Crippen molar-refractivity contribution in [3.05, 3.63) is 35.7 Å². The van der Waals surface area contributed by atoms with Crippen LogP contribution in [0.2, 0.25) is 0 Å². The molecule has 22 heavy (non-hydrogen) atoms. The molecule has 0 saturated heterocycles. The third-order valence-electron chi connectivity index (χ3n) is 3.38. The predicted molar refractivity (Wildman–Crippen MR) is 100 cm³/mol. The number of allylic oxidation sites excluding steroid dienone is 1. The lowest BCUT2D eigenvalue weighted by Gasteiger charge is -2.09. The number of aryl methyl sites for hydroxylation is 1. The normalized spacial score (nSPS) is 23.3. The molecule has 2 heteroatoms. The number of aromatic nitrogens is 1. The summed E-state index contributed by atoms with van der Waals surface area (Å²) in [5.74, 6) is 0.688. The summed E-state index contributed by atoms with van der Waals surface area (Å²) in [5.41, 5.74) is 3.57. The molecule has 1 aliphatic heterocycles. The Balaban J connectivity index is 0.000000553. The monoisotopic (exact) mass is 302 g/mol. The zero-order valence-corrected chi connectivity index (χ0v) is 15.8. The Labute approximate surface area is 137 Å². The molecule has 0 radical (unpaired) electrons. The second-order valence-corrected chi connectivity index (χ2v) is 5.55. The van der Waals surface area contributed by atoms with Gasteiger partial charge < -0.3 is 0 Å². The van der Waals surface area contributed by atoms with Crippen molar-refractivity contribution in [3.8, 4) is 0 Å². The minimum Gasteiger partial charge on any atom is -0.259 e. The van der Waals surface area contributed by atoms with Gasteiger partial charge in [-0.25, -0.2) is 0 Å². The first-order valence-electron chi connectivity index (χ1n) is 8.79. The summed E-state index contributed by atoms with van der Waals surface area (Å²) in [7, 11) is 0. The van der Waals surface area contributed by atoms with E-state index < -0.39 is 0 Å². The number of rotatable bonds is 1. The maximum Gasteiger partial charge on any atom is 0.0882 e. The largest absolute Gasteiger partial charge is 0.259 e. The van der Waals surface area contributed by atoms with E-state index in [2.05, 4.69) is 49.1 Å². The highest BCUT2D eigenvalue weighted by Gasteiger charge is 2.49. The first-order valence-corrected chi connectivity index (χ1v) is 8.79. The van der Waals surface area contributed by atoms with Crippen molar-refractivity contribution in [3.63, 3.8) is 0 Å². The summed E-state index contributed by atoms with van der Waals surface area (Å²) in [6.07, 6.45) is 8.74. The van der Waals surface area contributed by atoms with Crippen LogP contribution in [0.4, 0.5) is 0 Å². The quantitative estimate of drug-likeness (QED) is 0.596. The Hall–Kier alpha value is -1.44. The van der Waals surface area contributed by atoms with Gasteiger partial charge in [0.25, 0.3) is 0 Å². The number of hydrogen-bond donors (Lipinski definition) is 0. The summed E-state index contributed by atoms with van der Waals surface area (Å²) in [4.78, 5) is 8.89. The zero-order valence-electron chi connectivity index (χ0n) is 15.8. The molecule has 2 aliphatic rings. The number of nitrogens with zero attached hydrogens (tertiary/aromatic N) is 2. The molecule has 2 nitrogen and oxygen atoms in total. The van der Waals surface area contributed by atoms with Gasteiger partial charge >= 0.3 is 0 Å². The number of pyridine rings is 1. The van der Waals surface area contributed by atoms with E-state index in [-0.39, 0.29) is 0 Å². The third-order valence-corrected chi connectivity index (χ3v) is 3.38. The van der Waals surface area contributed by atoms with Gasteiger partial charge in [-0.15, -0.1) is 0 Å². The van der Waals surface area contributed by atoms with E-state index in [1.165, 1.54) is 18.4 Å². The van der Waals surface area contributed by atoms with E-state index in [9.17, 15) is 0 Å². The van der Waals surface area contributed by atoms with Crippen molar-refractivity contribution < 1.29 is 0 Å². The predicted octanol–water partition coefficient (Wildman–Crippen LogP) is 6.31. The lowest BCUT2D eigenvalue weighted by molar-refractivity contribution is 0.758. The molecule has 1 fully saturated rings. The smallest absolute Gasteiger partial charge is 0.0882 e. The van der Waals surface area contributed by atoms with Crippen LogP contribution in [-0.4, -0.2) is 11.2 Å². The molecule has 1 aliphatic carbocycles. The van der Waals surface area contributed by atoms with Crippen molar-refractivity contribution >= 4 is 11.9 Å². The van der Waals surface area contributed by atoms with Crippen LogP contribution in [0.15, 0.2) is 29.4 Å². The molecule has 2 heterocycles. The van der Waals surface area contributed by atoms with Gasteiger partial charge in [0, 0.05) is 17.8 Å². The maximum atomic E-state index is 4.50. The van der Waals surface area contributed by atoms with Crippen molar-refractivity contribution in [1.82, 2.24) is 4.98 Å². The van der Waals surface area contributed by atoms with E-state index in [1.54, 1.807) is 0 Å². The Morgan fingerprint density at radius 3 is 2.18 bits per heavy atom.